The summed E-state index contributed by atoms with van der Waals surface area (Å²) in [5.74, 6) is 0.180. The summed E-state index contributed by atoms with van der Waals surface area (Å²) >= 11 is 0. The number of hydrogen-bond donors (Lipinski definition) is 1. The average molecular weight is 271 g/mol. The zero-order valence-electron chi connectivity index (χ0n) is 10.3. The SMILES string of the molecule is CNC(C)c1noc(-c2ccccc2C(F)(F)F)n1. The first kappa shape index (κ1) is 13.5. The third-order valence-electron chi connectivity index (χ3n) is 2.72. The highest BCUT2D eigenvalue weighted by molar-refractivity contribution is 5.59. The van der Waals surface area contributed by atoms with E-state index in [0.717, 1.165) is 6.07 Å². The molecule has 4 nitrogen and oxygen atoms in total. The molecule has 7 heteroatoms. The zero-order valence-corrected chi connectivity index (χ0v) is 10.3. The van der Waals surface area contributed by atoms with Crippen LogP contribution in [0.5, 0.6) is 0 Å². The highest BCUT2D eigenvalue weighted by Crippen LogP contribution is 2.36. The predicted octanol–water partition coefficient (Wildman–Crippen LogP) is 3.04. The first-order valence-corrected chi connectivity index (χ1v) is 5.61. The van der Waals surface area contributed by atoms with Crippen LogP contribution in [0.25, 0.3) is 11.5 Å². The molecule has 0 bridgehead atoms. The molecule has 102 valence electrons. The fourth-order valence-corrected chi connectivity index (χ4v) is 1.57. The van der Waals surface area contributed by atoms with E-state index in [-0.39, 0.29) is 17.5 Å². The van der Waals surface area contributed by atoms with Gasteiger partial charge in [0.1, 0.15) is 0 Å². The minimum atomic E-state index is -4.46. The topological polar surface area (TPSA) is 51.0 Å². The molecular formula is C12H12F3N3O. The monoisotopic (exact) mass is 271 g/mol. The van der Waals surface area contributed by atoms with Gasteiger partial charge in [-0.3, -0.25) is 0 Å². The minimum absolute atomic E-state index is 0.114. The van der Waals surface area contributed by atoms with E-state index in [1.807, 2.05) is 0 Å². The first-order valence-electron chi connectivity index (χ1n) is 5.61. The Morgan fingerprint density at radius 3 is 2.58 bits per heavy atom. The molecule has 1 atom stereocenters. The first-order chi connectivity index (χ1) is 8.93. The van der Waals surface area contributed by atoms with Crippen molar-refractivity contribution in [3.63, 3.8) is 0 Å². The Morgan fingerprint density at radius 1 is 1.26 bits per heavy atom. The fraction of sp³-hybridized carbons (Fsp3) is 0.333. The Balaban J connectivity index is 2.45. The summed E-state index contributed by atoms with van der Waals surface area (Å²) in [6, 6.07) is 4.91. The second kappa shape index (κ2) is 5.00. The van der Waals surface area contributed by atoms with Crippen molar-refractivity contribution < 1.29 is 17.7 Å². The molecule has 2 rings (SSSR count). The van der Waals surface area contributed by atoms with E-state index in [4.69, 9.17) is 4.52 Å². The molecule has 1 unspecified atom stereocenters. The molecule has 1 heterocycles. The Bertz CT molecular complexity index is 565. The van der Waals surface area contributed by atoms with Gasteiger partial charge in [0.05, 0.1) is 17.2 Å². The van der Waals surface area contributed by atoms with E-state index >= 15 is 0 Å². The van der Waals surface area contributed by atoms with Crippen molar-refractivity contribution >= 4 is 0 Å². The van der Waals surface area contributed by atoms with Crippen molar-refractivity contribution in [2.45, 2.75) is 19.1 Å². The number of nitrogens with zero attached hydrogens (tertiary/aromatic N) is 2. The van der Waals surface area contributed by atoms with Gasteiger partial charge in [-0.25, -0.2) is 0 Å². The lowest BCUT2D eigenvalue weighted by atomic mass is 10.1. The highest BCUT2D eigenvalue weighted by atomic mass is 19.4. The maximum absolute atomic E-state index is 12.9. The molecule has 19 heavy (non-hydrogen) atoms. The Kier molecular flexibility index (Phi) is 3.57. The largest absolute Gasteiger partial charge is 0.417 e. The standard InChI is InChI=1S/C12H12F3N3O/c1-7(16-2)10-17-11(19-18-10)8-5-3-4-6-9(8)12(13,14)15/h3-7,16H,1-2H3. The molecule has 0 aliphatic carbocycles. The Hall–Kier alpha value is -1.89. The van der Waals surface area contributed by atoms with Crippen LogP contribution in [0.2, 0.25) is 0 Å². The van der Waals surface area contributed by atoms with Gasteiger partial charge in [0.25, 0.3) is 5.89 Å². The Morgan fingerprint density at radius 2 is 1.95 bits per heavy atom. The summed E-state index contributed by atoms with van der Waals surface area (Å²) in [5.41, 5.74) is -0.903. The second-order valence-electron chi connectivity index (χ2n) is 4.01. The molecule has 1 aromatic heterocycles. The number of benzene rings is 1. The maximum atomic E-state index is 12.9. The second-order valence-corrected chi connectivity index (χ2v) is 4.01. The molecular weight excluding hydrogens is 259 g/mol. The van der Waals surface area contributed by atoms with Crippen molar-refractivity contribution in [1.82, 2.24) is 15.5 Å². The van der Waals surface area contributed by atoms with Crippen LogP contribution in [0, 0.1) is 0 Å². The van der Waals surface area contributed by atoms with Gasteiger partial charge >= 0.3 is 6.18 Å². The Labute approximate surface area is 107 Å². The van der Waals surface area contributed by atoms with E-state index in [9.17, 15) is 13.2 Å². The van der Waals surface area contributed by atoms with Crippen LogP contribution in [0.4, 0.5) is 13.2 Å². The third kappa shape index (κ3) is 2.76. The van der Waals surface area contributed by atoms with Crippen molar-refractivity contribution in [3.8, 4) is 11.5 Å². The average Bonchev–Trinajstić information content (AvgIpc) is 2.86. The maximum Gasteiger partial charge on any atom is 0.417 e. The van der Waals surface area contributed by atoms with E-state index in [0.29, 0.717) is 5.82 Å². The molecule has 0 saturated heterocycles. The number of rotatable bonds is 3. The van der Waals surface area contributed by atoms with Crippen LogP contribution in [-0.4, -0.2) is 17.2 Å². The number of halogens is 3. The minimum Gasteiger partial charge on any atom is -0.334 e. The molecule has 0 fully saturated rings. The smallest absolute Gasteiger partial charge is 0.334 e. The quantitative estimate of drug-likeness (QED) is 0.932. The molecule has 0 aliphatic rings. The van der Waals surface area contributed by atoms with Gasteiger partial charge < -0.3 is 9.84 Å². The number of alkyl halides is 3. The van der Waals surface area contributed by atoms with Gasteiger partial charge in [-0.05, 0) is 26.1 Å². The molecule has 1 N–H and O–H groups in total. The van der Waals surface area contributed by atoms with Gasteiger partial charge in [0.2, 0.25) is 0 Å². The summed E-state index contributed by atoms with van der Waals surface area (Å²) in [6.45, 7) is 1.78. The van der Waals surface area contributed by atoms with Crippen LogP contribution in [0.15, 0.2) is 28.8 Å². The van der Waals surface area contributed by atoms with Gasteiger partial charge in [0.15, 0.2) is 5.82 Å². The molecule has 0 saturated carbocycles. The zero-order chi connectivity index (χ0) is 14.0. The van der Waals surface area contributed by atoms with E-state index in [1.54, 1.807) is 14.0 Å². The van der Waals surface area contributed by atoms with Gasteiger partial charge in [-0.15, -0.1) is 0 Å². The lowest BCUT2D eigenvalue weighted by Crippen LogP contribution is -2.13. The summed E-state index contributed by atoms with van der Waals surface area (Å²) < 4.78 is 43.5. The van der Waals surface area contributed by atoms with E-state index < -0.39 is 11.7 Å². The van der Waals surface area contributed by atoms with Crippen LogP contribution in [-0.2, 0) is 6.18 Å². The highest BCUT2D eigenvalue weighted by Gasteiger charge is 2.34. The summed E-state index contributed by atoms with van der Waals surface area (Å²) in [6.07, 6.45) is -4.46. The van der Waals surface area contributed by atoms with Crippen molar-refractivity contribution in [1.29, 1.82) is 0 Å². The van der Waals surface area contributed by atoms with Crippen molar-refractivity contribution in [3.05, 3.63) is 35.7 Å². The van der Waals surface area contributed by atoms with Gasteiger partial charge in [0, 0.05) is 0 Å². The fourth-order valence-electron chi connectivity index (χ4n) is 1.57. The lowest BCUT2D eigenvalue weighted by Gasteiger charge is -2.09. The van der Waals surface area contributed by atoms with Crippen LogP contribution < -0.4 is 5.32 Å². The predicted molar refractivity (Wildman–Crippen MR) is 62.2 cm³/mol. The molecule has 0 aliphatic heterocycles. The lowest BCUT2D eigenvalue weighted by molar-refractivity contribution is -0.137. The molecule has 0 amide bonds. The van der Waals surface area contributed by atoms with Crippen molar-refractivity contribution in [2.24, 2.45) is 0 Å². The number of hydrogen-bond acceptors (Lipinski definition) is 4. The molecule has 0 spiro atoms. The van der Waals surface area contributed by atoms with Gasteiger partial charge in [-0.2, -0.15) is 18.2 Å². The molecule has 2 aromatic rings. The summed E-state index contributed by atoms with van der Waals surface area (Å²) in [4.78, 5) is 3.99. The van der Waals surface area contributed by atoms with Gasteiger partial charge in [-0.1, -0.05) is 17.3 Å². The number of aromatic nitrogens is 2. The van der Waals surface area contributed by atoms with Crippen molar-refractivity contribution in [2.75, 3.05) is 7.05 Å². The number of nitrogens with one attached hydrogen (secondary N) is 1. The van der Waals surface area contributed by atoms with Crippen LogP contribution in [0.3, 0.4) is 0 Å². The van der Waals surface area contributed by atoms with Crippen LogP contribution in [0.1, 0.15) is 24.4 Å². The molecule has 1 aromatic carbocycles. The van der Waals surface area contributed by atoms with Crippen LogP contribution >= 0.6 is 0 Å². The summed E-state index contributed by atoms with van der Waals surface area (Å²) in [7, 11) is 1.70. The third-order valence-corrected chi connectivity index (χ3v) is 2.72. The van der Waals surface area contributed by atoms with E-state index in [1.165, 1.54) is 18.2 Å². The molecule has 0 radical (unpaired) electrons. The van der Waals surface area contributed by atoms with E-state index in [2.05, 4.69) is 15.5 Å². The summed E-state index contributed by atoms with van der Waals surface area (Å²) in [5, 5.41) is 6.55. The normalized spacial score (nSPS) is 13.5.